The molecule has 162 valence electrons. The number of rotatable bonds is 7. The average Bonchev–Trinajstić information content (AvgIpc) is 3.02. The first-order chi connectivity index (χ1) is 14.9. The van der Waals surface area contributed by atoms with Crippen LogP contribution in [-0.2, 0) is 9.59 Å². The van der Waals surface area contributed by atoms with Crippen LogP contribution in [0.15, 0.2) is 41.3 Å². The third kappa shape index (κ3) is 4.95. The fraction of sp³-hybridized carbons (Fsp3) is 0.190. The second-order valence-electron chi connectivity index (χ2n) is 6.25. The van der Waals surface area contributed by atoms with Crippen molar-refractivity contribution >= 4 is 52.2 Å². The minimum Gasteiger partial charge on any atom is -0.496 e. The van der Waals surface area contributed by atoms with E-state index in [0.29, 0.717) is 33.5 Å². The van der Waals surface area contributed by atoms with Gasteiger partial charge in [0.1, 0.15) is 12.3 Å². The molecule has 0 bridgehead atoms. The molecular weight excluding hydrogens is 444 g/mol. The average molecular weight is 463 g/mol. The van der Waals surface area contributed by atoms with E-state index in [4.69, 9.17) is 25.8 Å². The van der Waals surface area contributed by atoms with Gasteiger partial charge in [-0.1, -0.05) is 23.7 Å². The molecule has 3 rings (SSSR count). The molecule has 0 aromatic heterocycles. The lowest BCUT2D eigenvalue weighted by Gasteiger charge is -2.13. The van der Waals surface area contributed by atoms with Gasteiger partial charge in [0, 0.05) is 11.6 Å². The van der Waals surface area contributed by atoms with Crippen molar-refractivity contribution in [3.63, 3.8) is 0 Å². The molecule has 1 heterocycles. The van der Waals surface area contributed by atoms with E-state index in [1.165, 1.54) is 27.4 Å². The summed E-state index contributed by atoms with van der Waals surface area (Å²) in [5.41, 5.74) is 0.915. The Hall–Kier alpha value is -3.17. The van der Waals surface area contributed by atoms with E-state index < -0.39 is 23.6 Å². The Morgan fingerprint density at radius 2 is 1.71 bits per heavy atom. The predicted molar refractivity (Wildman–Crippen MR) is 119 cm³/mol. The van der Waals surface area contributed by atoms with Crippen LogP contribution in [0.2, 0.25) is 5.02 Å². The van der Waals surface area contributed by atoms with Crippen molar-refractivity contribution in [2.75, 3.05) is 33.2 Å². The lowest BCUT2D eigenvalue weighted by Crippen LogP contribution is -2.36. The number of imide groups is 1. The Balaban J connectivity index is 1.80. The molecule has 1 N–H and O–H groups in total. The van der Waals surface area contributed by atoms with Crippen LogP contribution in [0.1, 0.15) is 5.56 Å². The maximum absolute atomic E-state index is 12.8. The maximum atomic E-state index is 12.8. The van der Waals surface area contributed by atoms with Gasteiger partial charge in [0.05, 0.1) is 36.9 Å². The molecule has 8 nitrogen and oxygen atoms in total. The highest BCUT2D eigenvalue weighted by Crippen LogP contribution is 2.38. The van der Waals surface area contributed by atoms with E-state index in [2.05, 4.69) is 5.32 Å². The van der Waals surface area contributed by atoms with Crippen molar-refractivity contribution in [2.45, 2.75) is 0 Å². The van der Waals surface area contributed by atoms with Crippen LogP contribution in [0.25, 0.3) is 6.08 Å². The topological polar surface area (TPSA) is 94.2 Å². The third-order valence-corrected chi connectivity index (χ3v) is 5.58. The van der Waals surface area contributed by atoms with Crippen LogP contribution in [0.5, 0.6) is 17.2 Å². The third-order valence-electron chi connectivity index (χ3n) is 4.35. The minimum absolute atomic E-state index is 0.154. The number of hydrogen-bond acceptors (Lipinski definition) is 7. The van der Waals surface area contributed by atoms with Crippen LogP contribution < -0.4 is 19.5 Å². The first kappa shape index (κ1) is 22.5. The summed E-state index contributed by atoms with van der Waals surface area (Å²) < 4.78 is 15.9. The lowest BCUT2D eigenvalue weighted by atomic mass is 10.1. The number of carbonyl (C=O) groups is 3. The molecule has 2 aromatic rings. The quantitative estimate of drug-likeness (QED) is 0.620. The first-order valence-electron chi connectivity index (χ1n) is 8.97. The summed E-state index contributed by atoms with van der Waals surface area (Å²) in [6.07, 6.45) is 1.51. The van der Waals surface area contributed by atoms with Gasteiger partial charge in [-0.15, -0.1) is 0 Å². The molecule has 0 atom stereocenters. The van der Waals surface area contributed by atoms with Crippen LogP contribution >= 0.6 is 23.4 Å². The van der Waals surface area contributed by atoms with E-state index in [1.807, 2.05) is 0 Å². The Morgan fingerprint density at radius 1 is 1.06 bits per heavy atom. The molecule has 0 radical (unpaired) electrons. The minimum atomic E-state index is -0.582. The summed E-state index contributed by atoms with van der Waals surface area (Å²) in [5, 5.41) is 2.39. The fourth-order valence-electron chi connectivity index (χ4n) is 2.84. The van der Waals surface area contributed by atoms with Crippen LogP contribution in [0, 0.1) is 0 Å². The van der Waals surface area contributed by atoms with Crippen molar-refractivity contribution < 1.29 is 28.6 Å². The zero-order valence-corrected chi connectivity index (χ0v) is 18.5. The Morgan fingerprint density at radius 3 is 2.35 bits per heavy atom. The van der Waals surface area contributed by atoms with E-state index in [0.717, 1.165) is 16.7 Å². The van der Waals surface area contributed by atoms with Gasteiger partial charge in [0.15, 0.2) is 11.5 Å². The van der Waals surface area contributed by atoms with E-state index >= 15 is 0 Å². The smallest absolute Gasteiger partial charge is 0.294 e. The number of nitrogens with one attached hydrogen (secondary N) is 1. The second-order valence-corrected chi connectivity index (χ2v) is 7.65. The van der Waals surface area contributed by atoms with Crippen LogP contribution in [-0.4, -0.2) is 49.8 Å². The van der Waals surface area contributed by atoms with Gasteiger partial charge in [0.25, 0.3) is 11.1 Å². The first-order valence-corrected chi connectivity index (χ1v) is 10.2. The lowest BCUT2D eigenvalue weighted by molar-refractivity contribution is -0.127. The van der Waals surface area contributed by atoms with Crippen molar-refractivity contribution in [1.82, 2.24) is 4.90 Å². The Kier molecular flexibility index (Phi) is 7.09. The fourth-order valence-corrected chi connectivity index (χ4v) is 3.85. The number of methoxy groups -OCH3 is 3. The highest BCUT2D eigenvalue weighted by atomic mass is 35.5. The number of halogens is 1. The molecular formula is C21H19ClN2O6S. The summed E-state index contributed by atoms with van der Waals surface area (Å²) in [4.78, 5) is 38.5. The van der Waals surface area contributed by atoms with Gasteiger partial charge in [0.2, 0.25) is 5.91 Å². The van der Waals surface area contributed by atoms with Crippen LogP contribution in [0.4, 0.5) is 10.5 Å². The Labute approximate surface area is 188 Å². The predicted octanol–water partition coefficient (Wildman–Crippen LogP) is 4.04. The van der Waals surface area contributed by atoms with Gasteiger partial charge in [-0.2, -0.15) is 0 Å². The molecule has 0 aliphatic carbocycles. The number of nitrogens with zero attached hydrogens (tertiary/aromatic N) is 1. The number of hydrogen-bond donors (Lipinski definition) is 1. The molecule has 10 heteroatoms. The summed E-state index contributed by atoms with van der Waals surface area (Å²) in [7, 11) is 4.46. The largest absolute Gasteiger partial charge is 0.496 e. The van der Waals surface area contributed by atoms with Crippen LogP contribution in [0.3, 0.4) is 0 Å². The summed E-state index contributed by atoms with van der Waals surface area (Å²) in [6.45, 7) is -0.434. The number of ether oxygens (including phenoxy) is 3. The standard InChI is InChI=1S/C21H19ClN2O6S/c1-28-15-10-17(30-3)16(29-2)8-12(15)9-18-20(26)24(21(27)31-18)11-19(25)23-14-7-5-4-6-13(14)22/h4-10H,11H2,1-3H3,(H,23,25)/b18-9+. The molecule has 31 heavy (non-hydrogen) atoms. The molecule has 0 unspecified atom stereocenters. The SMILES string of the molecule is COc1cc(OC)c(OC)cc1/C=C1/SC(=O)N(CC(=O)Nc2ccccc2Cl)C1=O. The number of amides is 3. The number of benzene rings is 2. The van der Waals surface area contributed by atoms with Crippen molar-refractivity contribution in [3.05, 3.63) is 51.9 Å². The summed E-state index contributed by atoms with van der Waals surface area (Å²) in [6, 6.07) is 9.93. The zero-order chi connectivity index (χ0) is 22.5. The highest BCUT2D eigenvalue weighted by molar-refractivity contribution is 8.18. The molecule has 1 aliphatic rings. The van der Waals surface area contributed by atoms with E-state index in [1.54, 1.807) is 36.4 Å². The van der Waals surface area contributed by atoms with Crippen molar-refractivity contribution in [3.8, 4) is 17.2 Å². The van der Waals surface area contributed by atoms with Crippen molar-refractivity contribution in [1.29, 1.82) is 0 Å². The number of anilines is 1. The normalized spacial score (nSPS) is 14.7. The maximum Gasteiger partial charge on any atom is 0.294 e. The molecule has 1 fully saturated rings. The number of thioether (sulfide) groups is 1. The monoisotopic (exact) mass is 462 g/mol. The Bertz CT molecular complexity index is 1070. The van der Waals surface area contributed by atoms with Gasteiger partial charge in [-0.25, -0.2) is 0 Å². The molecule has 0 spiro atoms. The molecule has 2 aromatic carbocycles. The molecule has 1 aliphatic heterocycles. The van der Waals surface area contributed by atoms with Gasteiger partial charge >= 0.3 is 0 Å². The molecule has 0 saturated carbocycles. The molecule has 1 saturated heterocycles. The zero-order valence-electron chi connectivity index (χ0n) is 16.9. The number of para-hydroxylation sites is 1. The summed E-state index contributed by atoms with van der Waals surface area (Å²) >= 11 is 6.76. The van der Waals surface area contributed by atoms with Gasteiger partial charge < -0.3 is 19.5 Å². The highest BCUT2D eigenvalue weighted by Gasteiger charge is 2.36. The van der Waals surface area contributed by atoms with E-state index in [-0.39, 0.29) is 4.91 Å². The van der Waals surface area contributed by atoms with Gasteiger partial charge in [-0.3, -0.25) is 19.3 Å². The van der Waals surface area contributed by atoms with E-state index in [9.17, 15) is 14.4 Å². The van der Waals surface area contributed by atoms with Gasteiger partial charge in [-0.05, 0) is 36.0 Å². The second kappa shape index (κ2) is 9.76. The summed E-state index contributed by atoms with van der Waals surface area (Å²) in [5.74, 6) is 0.205. The molecule has 3 amide bonds. The number of carbonyl (C=O) groups excluding carboxylic acids is 3. The van der Waals surface area contributed by atoms with Crippen molar-refractivity contribution in [2.24, 2.45) is 0 Å².